The third kappa shape index (κ3) is 4.90. The zero-order valence-electron chi connectivity index (χ0n) is 14.6. The number of hydrogen-bond acceptors (Lipinski definition) is 3. The molecule has 1 aromatic heterocycles. The van der Waals surface area contributed by atoms with Crippen molar-refractivity contribution in [2.75, 3.05) is 31.5 Å². The third-order valence-corrected chi connectivity index (χ3v) is 5.35. The van der Waals surface area contributed by atoms with Crippen LogP contribution in [0.25, 0.3) is 0 Å². The van der Waals surface area contributed by atoms with Gasteiger partial charge in [-0.2, -0.15) is 0 Å². The second-order valence-corrected chi connectivity index (χ2v) is 7.65. The van der Waals surface area contributed by atoms with Crippen LogP contribution in [0.2, 0.25) is 0 Å². The van der Waals surface area contributed by atoms with E-state index in [1.54, 1.807) is 0 Å². The number of nitrogens with one attached hydrogen (secondary N) is 3. The molecule has 0 aliphatic carbocycles. The highest BCUT2D eigenvalue weighted by Gasteiger charge is 2.31. The lowest BCUT2D eigenvalue weighted by Gasteiger charge is -2.32. The largest absolute Gasteiger partial charge is 0.361 e. The van der Waals surface area contributed by atoms with E-state index < -0.39 is 0 Å². The third-order valence-electron chi connectivity index (χ3n) is 4.82. The summed E-state index contributed by atoms with van der Waals surface area (Å²) in [6, 6.07) is 9.62. The summed E-state index contributed by atoms with van der Waals surface area (Å²) in [7, 11) is 0. The minimum absolute atomic E-state index is 0.0560. The van der Waals surface area contributed by atoms with Gasteiger partial charge in [0, 0.05) is 16.2 Å². The van der Waals surface area contributed by atoms with Crippen LogP contribution >= 0.6 is 15.9 Å². The molecule has 3 rings (SSSR count). The average molecular weight is 409 g/mol. The minimum atomic E-state index is -0.0560. The fourth-order valence-electron chi connectivity index (χ4n) is 3.26. The molecule has 2 heterocycles. The van der Waals surface area contributed by atoms with Gasteiger partial charge in [0.25, 0.3) is 5.91 Å². The van der Waals surface area contributed by atoms with Crippen molar-refractivity contribution >= 4 is 27.5 Å². The quantitative estimate of drug-likeness (QED) is 0.655. The second-order valence-electron chi connectivity index (χ2n) is 6.73. The molecule has 0 spiro atoms. The van der Waals surface area contributed by atoms with Gasteiger partial charge >= 0.3 is 0 Å². The molecule has 0 unspecified atom stereocenters. The highest BCUT2D eigenvalue weighted by atomic mass is 79.9. The fraction of sp³-hybridized carbons (Fsp3) is 0.444. The molecular formula is C18H25BrN4O2+2. The van der Waals surface area contributed by atoms with E-state index in [1.807, 2.05) is 44.2 Å². The van der Waals surface area contributed by atoms with Crippen LogP contribution in [0, 0.1) is 6.92 Å². The Hall–Kier alpha value is -1.70. The zero-order chi connectivity index (χ0) is 17.8. The molecule has 1 fully saturated rings. The molecule has 2 aromatic rings. The Balaban J connectivity index is 1.48. The molecule has 1 amide bonds. The number of aromatic nitrogens is 1. The summed E-state index contributed by atoms with van der Waals surface area (Å²) in [5, 5.41) is 7.09. The average Bonchev–Trinajstić information content (AvgIpc) is 3.02. The van der Waals surface area contributed by atoms with Crippen molar-refractivity contribution in [1.82, 2.24) is 5.16 Å². The molecule has 1 atom stereocenters. The molecular weight excluding hydrogens is 384 g/mol. The first kappa shape index (κ1) is 18.1. The molecule has 0 saturated carbocycles. The van der Waals surface area contributed by atoms with Crippen LogP contribution in [-0.4, -0.2) is 43.3 Å². The SMILES string of the molecule is Cc1cc(C[NH+]2CC[NH+]([C@@H](C)C(=O)Nc3ccc(Br)cc3)CC2)no1. The Morgan fingerprint density at radius 3 is 2.56 bits per heavy atom. The number of hydrogen-bond donors (Lipinski definition) is 3. The molecule has 3 N–H and O–H groups in total. The molecule has 25 heavy (non-hydrogen) atoms. The lowest BCUT2D eigenvalue weighted by atomic mass is 10.2. The second kappa shape index (κ2) is 8.12. The summed E-state index contributed by atoms with van der Waals surface area (Å²) in [5.74, 6) is 0.935. The van der Waals surface area contributed by atoms with Gasteiger partial charge in [0.15, 0.2) is 6.04 Å². The van der Waals surface area contributed by atoms with E-state index in [4.69, 9.17) is 4.52 Å². The first-order chi connectivity index (χ1) is 12.0. The molecule has 6 nitrogen and oxygen atoms in total. The van der Waals surface area contributed by atoms with Crippen LogP contribution in [0.3, 0.4) is 0 Å². The van der Waals surface area contributed by atoms with Gasteiger partial charge in [-0.05, 0) is 38.1 Å². The smallest absolute Gasteiger partial charge is 0.282 e. The summed E-state index contributed by atoms with van der Waals surface area (Å²) < 4.78 is 6.14. The lowest BCUT2D eigenvalue weighted by molar-refractivity contribution is -1.02. The maximum Gasteiger partial charge on any atom is 0.282 e. The van der Waals surface area contributed by atoms with E-state index in [2.05, 4.69) is 26.4 Å². The van der Waals surface area contributed by atoms with E-state index in [0.29, 0.717) is 0 Å². The maximum absolute atomic E-state index is 12.5. The number of carbonyl (C=O) groups is 1. The van der Waals surface area contributed by atoms with E-state index in [9.17, 15) is 4.79 Å². The standard InChI is InChI=1S/C18H23BrN4O2/c1-13-11-17(21-25-13)12-22-7-9-23(10-8-22)14(2)18(24)20-16-5-3-15(19)4-6-16/h3-6,11,14H,7-10,12H2,1-2H3,(H,20,24)/p+2/t14-/m0/s1. The molecule has 134 valence electrons. The molecule has 7 heteroatoms. The highest BCUT2D eigenvalue weighted by Crippen LogP contribution is 2.14. The van der Waals surface area contributed by atoms with Crippen LogP contribution in [-0.2, 0) is 11.3 Å². The van der Waals surface area contributed by atoms with Crippen molar-refractivity contribution in [3.8, 4) is 0 Å². The van der Waals surface area contributed by atoms with E-state index >= 15 is 0 Å². The lowest BCUT2D eigenvalue weighted by Crippen LogP contribution is -3.29. The number of halogens is 1. The number of aryl methyl sites for hydroxylation is 1. The number of benzene rings is 1. The van der Waals surface area contributed by atoms with Gasteiger partial charge in [-0.25, -0.2) is 0 Å². The summed E-state index contributed by atoms with van der Waals surface area (Å²) in [4.78, 5) is 15.3. The number of rotatable bonds is 5. The summed E-state index contributed by atoms with van der Waals surface area (Å²) in [6.45, 7) is 8.87. The van der Waals surface area contributed by atoms with Gasteiger partial charge in [-0.3, -0.25) is 4.79 Å². The molecule has 1 saturated heterocycles. The van der Waals surface area contributed by atoms with Crippen LogP contribution in [0.15, 0.2) is 39.3 Å². The van der Waals surface area contributed by atoms with Crippen molar-refractivity contribution in [2.24, 2.45) is 0 Å². The minimum Gasteiger partial charge on any atom is -0.361 e. The Morgan fingerprint density at radius 1 is 1.28 bits per heavy atom. The summed E-state index contributed by atoms with van der Waals surface area (Å²) in [5.41, 5.74) is 1.85. The topological polar surface area (TPSA) is 64.0 Å². The first-order valence-electron chi connectivity index (χ1n) is 8.68. The normalized spacial score (nSPS) is 21.7. The fourth-order valence-corrected chi connectivity index (χ4v) is 3.53. The number of quaternary nitrogens is 2. The van der Waals surface area contributed by atoms with Gasteiger partial charge in [-0.15, -0.1) is 0 Å². The van der Waals surface area contributed by atoms with E-state index in [0.717, 1.165) is 54.3 Å². The Kier molecular flexibility index (Phi) is 5.88. The van der Waals surface area contributed by atoms with Crippen molar-refractivity contribution in [3.05, 3.63) is 46.3 Å². The number of piperazine rings is 1. The van der Waals surface area contributed by atoms with Crippen molar-refractivity contribution in [1.29, 1.82) is 0 Å². The van der Waals surface area contributed by atoms with Gasteiger partial charge in [0.1, 0.15) is 44.2 Å². The predicted octanol–water partition coefficient (Wildman–Crippen LogP) is 0.0561. The monoisotopic (exact) mass is 408 g/mol. The molecule has 1 aliphatic rings. The van der Waals surface area contributed by atoms with Crippen LogP contribution in [0.5, 0.6) is 0 Å². The Bertz CT molecular complexity index is 708. The summed E-state index contributed by atoms with van der Waals surface area (Å²) in [6.07, 6.45) is 0. The van der Waals surface area contributed by atoms with Crippen LogP contribution in [0.4, 0.5) is 5.69 Å². The van der Waals surface area contributed by atoms with Gasteiger partial charge < -0.3 is 19.6 Å². The molecule has 1 aliphatic heterocycles. The molecule has 1 aromatic carbocycles. The number of carbonyl (C=O) groups excluding carboxylic acids is 1. The van der Waals surface area contributed by atoms with Gasteiger partial charge in [-0.1, -0.05) is 21.1 Å². The van der Waals surface area contributed by atoms with Crippen LogP contribution < -0.4 is 15.1 Å². The van der Waals surface area contributed by atoms with Crippen LogP contribution in [0.1, 0.15) is 18.4 Å². The van der Waals surface area contributed by atoms with E-state index in [-0.39, 0.29) is 11.9 Å². The molecule has 0 bridgehead atoms. The molecule has 0 radical (unpaired) electrons. The zero-order valence-corrected chi connectivity index (χ0v) is 16.2. The van der Waals surface area contributed by atoms with E-state index in [1.165, 1.54) is 9.80 Å². The van der Waals surface area contributed by atoms with Crippen molar-refractivity contribution in [3.63, 3.8) is 0 Å². The predicted molar refractivity (Wildman–Crippen MR) is 98.6 cm³/mol. The van der Waals surface area contributed by atoms with Crippen molar-refractivity contribution in [2.45, 2.75) is 26.4 Å². The maximum atomic E-state index is 12.5. The number of nitrogens with zero attached hydrogens (tertiary/aromatic N) is 1. The Labute approximate surface area is 156 Å². The Morgan fingerprint density at radius 2 is 1.96 bits per heavy atom. The summed E-state index contributed by atoms with van der Waals surface area (Å²) >= 11 is 3.40. The first-order valence-corrected chi connectivity index (χ1v) is 9.47. The number of amides is 1. The van der Waals surface area contributed by atoms with Crippen molar-refractivity contribution < 1.29 is 19.1 Å². The van der Waals surface area contributed by atoms with Gasteiger partial charge in [0.2, 0.25) is 0 Å². The number of anilines is 1. The highest BCUT2D eigenvalue weighted by molar-refractivity contribution is 9.10. The van der Waals surface area contributed by atoms with Gasteiger partial charge in [0.05, 0.1) is 0 Å².